The average molecular weight is 288 g/mol. The Morgan fingerprint density at radius 1 is 1.29 bits per heavy atom. The number of rotatable bonds is 5. The summed E-state index contributed by atoms with van der Waals surface area (Å²) in [4.78, 5) is 12.8. The molecule has 0 radical (unpaired) electrons. The molecular formula is C18H28N2O. The molecule has 1 aliphatic carbocycles. The Balaban J connectivity index is 2.08. The summed E-state index contributed by atoms with van der Waals surface area (Å²) < 4.78 is 0. The van der Waals surface area contributed by atoms with Crippen LogP contribution in [0.25, 0.3) is 0 Å². The predicted octanol–water partition coefficient (Wildman–Crippen LogP) is 4.05. The van der Waals surface area contributed by atoms with Gasteiger partial charge in [-0.25, -0.2) is 0 Å². The van der Waals surface area contributed by atoms with Crippen molar-refractivity contribution >= 4 is 11.6 Å². The zero-order valence-corrected chi connectivity index (χ0v) is 13.5. The molecule has 0 spiro atoms. The van der Waals surface area contributed by atoms with Crippen molar-refractivity contribution in [3.63, 3.8) is 0 Å². The van der Waals surface area contributed by atoms with Crippen LogP contribution in [0, 0.1) is 11.3 Å². The smallest absolute Gasteiger partial charge is 0.226 e. The van der Waals surface area contributed by atoms with Crippen LogP contribution in [-0.2, 0) is 4.79 Å². The Kier molecular flexibility index (Phi) is 4.92. The topological polar surface area (TPSA) is 55.1 Å². The molecule has 116 valence electrons. The van der Waals surface area contributed by atoms with Gasteiger partial charge < -0.3 is 11.1 Å². The molecule has 0 heterocycles. The van der Waals surface area contributed by atoms with E-state index in [0.717, 1.165) is 30.5 Å². The first-order valence-electron chi connectivity index (χ1n) is 8.09. The third kappa shape index (κ3) is 3.78. The second-order valence-electron chi connectivity index (χ2n) is 6.95. The molecule has 1 unspecified atom stereocenters. The van der Waals surface area contributed by atoms with Gasteiger partial charge in [0.05, 0.1) is 6.04 Å². The summed E-state index contributed by atoms with van der Waals surface area (Å²) in [5.74, 6) is 0.778. The second kappa shape index (κ2) is 6.50. The maximum Gasteiger partial charge on any atom is 0.226 e. The number of anilines is 1. The van der Waals surface area contributed by atoms with Gasteiger partial charge in [-0.2, -0.15) is 0 Å². The normalized spacial score (nSPS) is 18.7. The average Bonchev–Trinajstić information content (AvgIpc) is 2.87. The SMILES string of the molecule is CC(C)CC1(C(=O)NC(C)c2cccc(N)c2)CCCC1. The van der Waals surface area contributed by atoms with Gasteiger partial charge in [0.15, 0.2) is 0 Å². The molecule has 3 N–H and O–H groups in total. The predicted molar refractivity (Wildman–Crippen MR) is 87.8 cm³/mol. The lowest BCUT2D eigenvalue weighted by Gasteiger charge is -2.31. The van der Waals surface area contributed by atoms with Crippen LogP contribution >= 0.6 is 0 Å². The Bertz CT molecular complexity index is 490. The quantitative estimate of drug-likeness (QED) is 0.803. The molecule has 1 saturated carbocycles. The van der Waals surface area contributed by atoms with E-state index in [0.29, 0.717) is 5.92 Å². The highest BCUT2D eigenvalue weighted by molar-refractivity contribution is 5.83. The molecular weight excluding hydrogens is 260 g/mol. The highest BCUT2D eigenvalue weighted by atomic mass is 16.2. The number of hydrogen-bond donors (Lipinski definition) is 2. The van der Waals surface area contributed by atoms with E-state index in [1.807, 2.05) is 31.2 Å². The minimum Gasteiger partial charge on any atom is -0.399 e. The van der Waals surface area contributed by atoms with E-state index in [-0.39, 0.29) is 17.4 Å². The maximum atomic E-state index is 12.8. The molecule has 1 aromatic rings. The molecule has 1 fully saturated rings. The Labute approximate surface area is 128 Å². The van der Waals surface area contributed by atoms with Gasteiger partial charge in [0.25, 0.3) is 0 Å². The first-order chi connectivity index (χ1) is 9.93. The molecule has 1 atom stereocenters. The number of nitrogens with two attached hydrogens (primary N) is 1. The van der Waals surface area contributed by atoms with Gasteiger partial charge in [-0.15, -0.1) is 0 Å². The molecule has 2 rings (SSSR count). The van der Waals surface area contributed by atoms with Crippen molar-refractivity contribution in [2.75, 3.05) is 5.73 Å². The fourth-order valence-electron chi connectivity index (χ4n) is 3.62. The minimum atomic E-state index is -0.150. The molecule has 21 heavy (non-hydrogen) atoms. The fourth-order valence-corrected chi connectivity index (χ4v) is 3.62. The largest absolute Gasteiger partial charge is 0.399 e. The van der Waals surface area contributed by atoms with Gasteiger partial charge in [-0.05, 0) is 49.8 Å². The summed E-state index contributed by atoms with van der Waals surface area (Å²) in [5.41, 5.74) is 7.49. The summed E-state index contributed by atoms with van der Waals surface area (Å²) in [6.07, 6.45) is 5.39. The van der Waals surface area contributed by atoms with E-state index in [4.69, 9.17) is 5.73 Å². The van der Waals surface area contributed by atoms with Crippen molar-refractivity contribution in [2.45, 2.75) is 58.9 Å². The Morgan fingerprint density at radius 2 is 1.95 bits per heavy atom. The number of carbonyl (C=O) groups excluding carboxylic acids is 1. The van der Waals surface area contributed by atoms with E-state index >= 15 is 0 Å². The van der Waals surface area contributed by atoms with Gasteiger partial charge in [-0.1, -0.05) is 38.8 Å². The standard InChI is InChI=1S/C18H28N2O/c1-13(2)12-18(9-4-5-10-18)17(21)20-14(3)15-7-6-8-16(19)11-15/h6-8,11,13-14H,4-5,9-10,12,19H2,1-3H3,(H,20,21). The third-order valence-electron chi connectivity index (χ3n) is 4.60. The molecule has 3 nitrogen and oxygen atoms in total. The molecule has 0 bridgehead atoms. The summed E-state index contributed by atoms with van der Waals surface area (Å²) in [5, 5.41) is 3.22. The first-order valence-corrected chi connectivity index (χ1v) is 8.09. The highest BCUT2D eigenvalue weighted by Crippen LogP contribution is 2.43. The van der Waals surface area contributed by atoms with Gasteiger partial charge >= 0.3 is 0 Å². The van der Waals surface area contributed by atoms with Crippen LogP contribution in [0.1, 0.15) is 64.5 Å². The van der Waals surface area contributed by atoms with Gasteiger partial charge in [-0.3, -0.25) is 4.79 Å². The zero-order chi connectivity index (χ0) is 15.5. The van der Waals surface area contributed by atoms with E-state index in [2.05, 4.69) is 19.2 Å². The summed E-state index contributed by atoms with van der Waals surface area (Å²) >= 11 is 0. The van der Waals surface area contributed by atoms with Crippen LogP contribution in [0.5, 0.6) is 0 Å². The van der Waals surface area contributed by atoms with Crippen molar-refractivity contribution in [2.24, 2.45) is 11.3 Å². The lowest BCUT2D eigenvalue weighted by molar-refractivity contribution is -0.132. The summed E-state index contributed by atoms with van der Waals surface area (Å²) in [6.45, 7) is 6.44. The van der Waals surface area contributed by atoms with Crippen molar-refractivity contribution in [3.8, 4) is 0 Å². The lowest BCUT2D eigenvalue weighted by Crippen LogP contribution is -2.41. The molecule has 0 aliphatic heterocycles. The van der Waals surface area contributed by atoms with Crippen LogP contribution in [0.4, 0.5) is 5.69 Å². The molecule has 1 aromatic carbocycles. The minimum absolute atomic E-state index is 0.00522. The second-order valence-corrected chi connectivity index (χ2v) is 6.95. The number of nitrogen functional groups attached to an aromatic ring is 1. The van der Waals surface area contributed by atoms with Crippen LogP contribution in [-0.4, -0.2) is 5.91 Å². The zero-order valence-electron chi connectivity index (χ0n) is 13.5. The number of benzene rings is 1. The number of amides is 1. The molecule has 1 aliphatic rings. The summed E-state index contributed by atoms with van der Waals surface area (Å²) in [7, 11) is 0. The van der Waals surface area contributed by atoms with Crippen molar-refractivity contribution in [1.29, 1.82) is 0 Å². The van der Waals surface area contributed by atoms with Gasteiger partial charge in [0, 0.05) is 11.1 Å². The fraction of sp³-hybridized carbons (Fsp3) is 0.611. The molecule has 1 amide bonds. The molecule has 0 aromatic heterocycles. The van der Waals surface area contributed by atoms with E-state index in [1.54, 1.807) is 0 Å². The number of nitrogens with one attached hydrogen (secondary N) is 1. The monoisotopic (exact) mass is 288 g/mol. The molecule has 0 saturated heterocycles. The first kappa shape index (κ1) is 15.9. The van der Waals surface area contributed by atoms with Crippen LogP contribution in [0.2, 0.25) is 0 Å². The summed E-state index contributed by atoms with van der Waals surface area (Å²) in [6, 6.07) is 7.77. The number of carbonyl (C=O) groups is 1. The van der Waals surface area contributed by atoms with Crippen molar-refractivity contribution in [3.05, 3.63) is 29.8 Å². The van der Waals surface area contributed by atoms with E-state index < -0.39 is 0 Å². The van der Waals surface area contributed by atoms with Gasteiger partial charge in [0.1, 0.15) is 0 Å². The van der Waals surface area contributed by atoms with E-state index in [1.165, 1.54) is 12.8 Å². The lowest BCUT2D eigenvalue weighted by atomic mass is 9.77. The van der Waals surface area contributed by atoms with E-state index in [9.17, 15) is 4.79 Å². The maximum absolute atomic E-state index is 12.8. The van der Waals surface area contributed by atoms with Crippen LogP contribution < -0.4 is 11.1 Å². The van der Waals surface area contributed by atoms with Crippen molar-refractivity contribution in [1.82, 2.24) is 5.32 Å². The van der Waals surface area contributed by atoms with Crippen molar-refractivity contribution < 1.29 is 4.79 Å². The third-order valence-corrected chi connectivity index (χ3v) is 4.60. The number of hydrogen-bond acceptors (Lipinski definition) is 2. The van der Waals surface area contributed by atoms with Crippen LogP contribution in [0.15, 0.2) is 24.3 Å². The highest BCUT2D eigenvalue weighted by Gasteiger charge is 2.41. The molecule has 3 heteroatoms. The Hall–Kier alpha value is -1.51. The van der Waals surface area contributed by atoms with Crippen LogP contribution in [0.3, 0.4) is 0 Å². The van der Waals surface area contributed by atoms with Gasteiger partial charge in [0.2, 0.25) is 5.91 Å². The Morgan fingerprint density at radius 3 is 2.52 bits per heavy atom.